The third-order valence-electron chi connectivity index (χ3n) is 4.42. The number of thiophene rings is 1. The van der Waals surface area contributed by atoms with E-state index in [1.54, 1.807) is 11.3 Å². The van der Waals surface area contributed by atoms with Gasteiger partial charge in [0.15, 0.2) is 5.13 Å². The zero-order valence-corrected chi connectivity index (χ0v) is 16.7. The highest BCUT2D eigenvalue weighted by molar-refractivity contribution is 7.17. The van der Waals surface area contributed by atoms with E-state index in [0.717, 1.165) is 23.7 Å². The number of morpholine rings is 1. The minimum absolute atomic E-state index is 0.129. The number of ether oxygens (including phenoxy) is 1. The maximum Gasteiger partial charge on any atom is 0.256 e. The third kappa shape index (κ3) is 4.62. The minimum atomic E-state index is -0.473. The molecule has 1 aromatic carbocycles. The van der Waals surface area contributed by atoms with Crippen LogP contribution in [0.4, 0.5) is 5.13 Å². The minimum Gasteiger partial charge on any atom is -0.366 e. The van der Waals surface area contributed by atoms with E-state index in [9.17, 15) is 4.79 Å². The fourth-order valence-corrected chi connectivity index (χ4v) is 4.67. The standard InChI is InChI=1S/C20H21N3O2S2/c1-14-7-8-18(27-14)16-13-26-20(21-16)22-19(24)17-12-23(9-10-25-17)11-15-5-3-2-4-6-15/h2-8,13,17H,9-12H2,1H3,(H,21,22,24). The van der Waals surface area contributed by atoms with Gasteiger partial charge in [0, 0.05) is 29.9 Å². The van der Waals surface area contributed by atoms with Crippen molar-refractivity contribution in [2.24, 2.45) is 0 Å². The van der Waals surface area contributed by atoms with Crippen LogP contribution in [-0.4, -0.2) is 41.6 Å². The molecule has 0 bridgehead atoms. The molecular formula is C20H21N3O2S2. The number of carbonyl (C=O) groups excluding carboxylic acids is 1. The molecule has 27 heavy (non-hydrogen) atoms. The van der Waals surface area contributed by atoms with Crippen LogP contribution in [0.2, 0.25) is 0 Å². The fraction of sp³-hybridized carbons (Fsp3) is 0.300. The summed E-state index contributed by atoms with van der Waals surface area (Å²) in [4.78, 5) is 21.8. The number of hydrogen-bond donors (Lipinski definition) is 1. The van der Waals surface area contributed by atoms with E-state index in [1.807, 2.05) is 23.6 Å². The Morgan fingerprint density at radius 3 is 2.93 bits per heavy atom. The first-order valence-electron chi connectivity index (χ1n) is 8.88. The molecule has 1 N–H and O–H groups in total. The summed E-state index contributed by atoms with van der Waals surface area (Å²) in [5.74, 6) is -0.129. The SMILES string of the molecule is Cc1ccc(-c2csc(NC(=O)C3CN(Cc4ccccc4)CCO3)n2)s1. The largest absolute Gasteiger partial charge is 0.366 e. The monoisotopic (exact) mass is 399 g/mol. The number of hydrogen-bond acceptors (Lipinski definition) is 6. The summed E-state index contributed by atoms with van der Waals surface area (Å²) in [6, 6.07) is 14.4. The molecule has 140 valence electrons. The smallest absolute Gasteiger partial charge is 0.256 e. The summed E-state index contributed by atoms with van der Waals surface area (Å²) in [6.07, 6.45) is -0.473. The van der Waals surface area contributed by atoms with Gasteiger partial charge >= 0.3 is 0 Å². The molecule has 1 atom stereocenters. The molecule has 2 aromatic heterocycles. The molecule has 1 saturated heterocycles. The average Bonchev–Trinajstić information content (AvgIpc) is 3.32. The Morgan fingerprint density at radius 2 is 2.15 bits per heavy atom. The lowest BCUT2D eigenvalue weighted by molar-refractivity contribution is -0.133. The summed E-state index contributed by atoms with van der Waals surface area (Å²) in [7, 11) is 0. The lowest BCUT2D eigenvalue weighted by Crippen LogP contribution is -2.47. The molecule has 0 aliphatic carbocycles. The van der Waals surface area contributed by atoms with E-state index in [1.165, 1.54) is 21.8 Å². The highest BCUT2D eigenvalue weighted by atomic mass is 32.1. The second-order valence-electron chi connectivity index (χ2n) is 6.52. The van der Waals surface area contributed by atoms with Crippen molar-refractivity contribution in [2.75, 3.05) is 25.0 Å². The van der Waals surface area contributed by atoms with E-state index in [0.29, 0.717) is 18.3 Å². The molecule has 0 saturated carbocycles. The molecule has 3 aromatic rings. The van der Waals surface area contributed by atoms with Gasteiger partial charge < -0.3 is 4.74 Å². The second kappa shape index (κ2) is 8.31. The number of thiazole rings is 1. The number of benzene rings is 1. The number of anilines is 1. The van der Waals surface area contributed by atoms with Crippen molar-refractivity contribution in [1.29, 1.82) is 0 Å². The van der Waals surface area contributed by atoms with Crippen LogP contribution in [0.3, 0.4) is 0 Å². The van der Waals surface area contributed by atoms with Crippen molar-refractivity contribution < 1.29 is 9.53 Å². The Bertz CT molecular complexity index is 907. The van der Waals surface area contributed by atoms with E-state index >= 15 is 0 Å². The molecule has 4 rings (SSSR count). The predicted octanol–water partition coefficient (Wildman–Crippen LogP) is 4.02. The van der Waals surface area contributed by atoms with Gasteiger partial charge in [-0.25, -0.2) is 4.98 Å². The summed E-state index contributed by atoms with van der Waals surface area (Å²) < 4.78 is 5.70. The molecule has 0 spiro atoms. The summed E-state index contributed by atoms with van der Waals surface area (Å²) >= 11 is 3.15. The maximum absolute atomic E-state index is 12.6. The second-order valence-corrected chi connectivity index (χ2v) is 8.66. The Labute approximate surface area is 166 Å². The molecule has 1 amide bonds. The first-order chi connectivity index (χ1) is 13.2. The Balaban J connectivity index is 1.36. The molecule has 1 aliphatic heterocycles. The van der Waals surface area contributed by atoms with Crippen LogP contribution in [0.25, 0.3) is 10.6 Å². The van der Waals surface area contributed by atoms with Gasteiger partial charge in [-0.05, 0) is 24.6 Å². The van der Waals surface area contributed by atoms with Gasteiger partial charge in [0.25, 0.3) is 5.91 Å². The van der Waals surface area contributed by atoms with Gasteiger partial charge in [0.05, 0.1) is 17.2 Å². The predicted molar refractivity (Wildman–Crippen MR) is 110 cm³/mol. The average molecular weight is 400 g/mol. The van der Waals surface area contributed by atoms with Crippen molar-refractivity contribution in [2.45, 2.75) is 19.6 Å². The van der Waals surface area contributed by atoms with Crippen molar-refractivity contribution in [1.82, 2.24) is 9.88 Å². The van der Waals surface area contributed by atoms with Crippen molar-refractivity contribution in [3.63, 3.8) is 0 Å². The molecule has 1 aliphatic rings. The summed E-state index contributed by atoms with van der Waals surface area (Å²) in [6.45, 7) is 4.88. The third-order valence-corrected chi connectivity index (χ3v) is 6.20. The van der Waals surface area contributed by atoms with Crippen LogP contribution in [-0.2, 0) is 16.1 Å². The molecule has 3 heterocycles. The normalized spacial score (nSPS) is 17.7. The van der Waals surface area contributed by atoms with Gasteiger partial charge in [-0.2, -0.15) is 0 Å². The Morgan fingerprint density at radius 1 is 1.30 bits per heavy atom. The van der Waals surface area contributed by atoms with Crippen molar-refractivity contribution >= 4 is 33.7 Å². The first-order valence-corrected chi connectivity index (χ1v) is 10.6. The molecule has 1 fully saturated rings. The number of amides is 1. The molecular weight excluding hydrogens is 378 g/mol. The van der Waals surface area contributed by atoms with Crippen LogP contribution in [0, 0.1) is 6.92 Å². The molecule has 1 unspecified atom stereocenters. The van der Waals surface area contributed by atoms with Crippen LogP contribution < -0.4 is 5.32 Å². The topological polar surface area (TPSA) is 54.5 Å². The van der Waals surface area contributed by atoms with E-state index in [-0.39, 0.29) is 5.91 Å². The van der Waals surface area contributed by atoms with Crippen molar-refractivity contribution in [3.8, 4) is 10.6 Å². The van der Waals surface area contributed by atoms with Crippen LogP contribution in [0.1, 0.15) is 10.4 Å². The molecule has 0 radical (unpaired) electrons. The zero-order chi connectivity index (χ0) is 18.6. The van der Waals surface area contributed by atoms with Crippen LogP contribution in [0.15, 0.2) is 47.8 Å². The van der Waals surface area contributed by atoms with Gasteiger partial charge in [-0.3, -0.25) is 15.0 Å². The highest BCUT2D eigenvalue weighted by Gasteiger charge is 2.27. The number of aromatic nitrogens is 1. The van der Waals surface area contributed by atoms with E-state index < -0.39 is 6.10 Å². The Hall–Kier alpha value is -2.06. The number of aryl methyl sites for hydroxylation is 1. The van der Waals surface area contributed by atoms with Gasteiger partial charge in [0.2, 0.25) is 0 Å². The van der Waals surface area contributed by atoms with Gasteiger partial charge in [0.1, 0.15) is 6.10 Å². The van der Waals surface area contributed by atoms with E-state index in [4.69, 9.17) is 4.74 Å². The number of nitrogens with one attached hydrogen (secondary N) is 1. The number of carbonyl (C=O) groups is 1. The maximum atomic E-state index is 12.6. The highest BCUT2D eigenvalue weighted by Crippen LogP contribution is 2.30. The quantitative estimate of drug-likeness (QED) is 0.704. The summed E-state index contributed by atoms with van der Waals surface area (Å²) in [5.41, 5.74) is 2.15. The molecule has 7 heteroatoms. The molecule has 5 nitrogen and oxygen atoms in total. The zero-order valence-electron chi connectivity index (χ0n) is 15.1. The van der Waals surface area contributed by atoms with E-state index in [2.05, 4.69) is 46.4 Å². The van der Waals surface area contributed by atoms with Crippen LogP contribution in [0.5, 0.6) is 0 Å². The van der Waals surface area contributed by atoms with Gasteiger partial charge in [-0.1, -0.05) is 30.3 Å². The first kappa shape index (κ1) is 18.3. The lowest BCUT2D eigenvalue weighted by Gasteiger charge is -2.31. The number of nitrogens with zero attached hydrogens (tertiary/aromatic N) is 2. The lowest BCUT2D eigenvalue weighted by atomic mass is 10.2. The van der Waals surface area contributed by atoms with Crippen LogP contribution >= 0.6 is 22.7 Å². The van der Waals surface area contributed by atoms with Gasteiger partial charge in [-0.15, -0.1) is 22.7 Å². The fourth-order valence-electron chi connectivity index (χ4n) is 3.05. The summed E-state index contributed by atoms with van der Waals surface area (Å²) in [5, 5.41) is 5.51. The Kier molecular flexibility index (Phi) is 5.63. The van der Waals surface area contributed by atoms with Crippen molar-refractivity contribution in [3.05, 3.63) is 58.3 Å². The number of rotatable bonds is 5.